The Hall–Kier alpha value is -1.18. The Kier molecular flexibility index (Phi) is 3.39. The number of carbonyl (C=O) groups excluding carboxylic acids is 1. The zero-order chi connectivity index (χ0) is 10.6. The minimum absolute atomic E-state index is 0.466. The van der Waals surface area contributed by atoms with Crippen LogP contribution in [0, 0.1) is 5.92 Å². The van der Waals surface area contributed by atoms with E-state index in [1.165, 1.54) is 13.8 Å². The van der Waals surface area contributed by atoms with Crippen molar-refractivity contribution in [3.8, 4) is 0 Å². The first kappa shape index (κ1) is 10.9. The van der Waals surface area contributed by atoms with E-state index in [1.54, 1.807) is 0 Å². The molecule has 0 N–H and O–H groups in total. The van der Waals surface area contributed by atoms with Crippen LogP contribution in [0.1, 0.15) is 19.4 Å². The molecule has 0 aliphatic rings. The first-order chi connectivity index (χ1) is 6.54. The highest BCUT2D eigenvalue weighted by atomic mass is 19.1. The maximum absolute atomic E-state index is 13.5. The normalized spacial score (nSPS) is 13.6. The van der Waals surface area contributed by atoms with E-state index in [-0.39, 0.29) is 0 Å². The van der Waals surface area contributed by atoms with Gasteiger partial charge in [0.25, 0.3) is 0 Å². The van der Waals surface area contributed by atoms with Crippen LogP contribution in [0.2, 0.25) is 0 Å². The second kappa shape index (κ2) is 4.36. The number of hydrogen-bond donors (Lipinski definition) is 0. The Morgan fingerprint density at radius 1 is 1.36 bits per heavy atom. The molecule has 1 aromatic rings. The maximum Gasteiger partial charge on any atom is 0.126 e. The summed E-state index contributed by atoms with van der Waals surface area (Å²) in [4.78, 5) is 10.7. The van der Waals surface area contributed by atoms with Gasteiger partial charge in [0, 0.05) is 0 Å². The Morgan fingerprint density at radius 2 is 1.93 bits per heavy atom. The smallest absolute Gasteiger partial charge is 0.126 e. The van der Waals surface area contributed by atoms with Crippen molar-refractivity contribution >= 4 is 6.29 Å². The fraction of sp³-hybridized carbons (Fsp3) is 0.417. The molecule has 76 valence electrons. The van der Waals surface area contributed by atoms with E-state index < -0.39 is 11.6 Å². The summed E-state index contributed by atoms with van der Waals surface area (Å²) in [6.45, 7) is 2.88. The van der Waals surface area contributed by atoms with Gasteiger partial charge in [0.15, 0.2) is 0 Å². The Morgan fingerprint density at radius 3 is 2.36 bits per heavy atom. The Bertz CT molecular complexity index is 287. The average molecular weight is 194 g/mol. The second-order valence-electron chi connectivity index (χ2n) is 4.00. The van der Waals surface area contributed by atoms with Crippen molar-refractivity contribution in [2.75, 3.05) is 0 Å². The van der Waals surface area contributed by atoms with Gasteiger partial charge in [-0.3, -0.25) is 0 Å². The first-order valence-electron chi connectivity index (χ1n) is 4.72. The van der Waals surface area contributed by atoms with Crippen LogP contribution >= 0.6 is 0 Å². The molecule has 0 spiro atoms. The second-order valence-corrected chi connectivity index (χ2v) is 4.00. The monoisotopic (exact) mass is 194 g/mol. The number of carbonyl (C=O) groups is 1. The van der Waals surface area contributed by atoms with Crippen LogP contribution in [0.15, 0.2) is 30.3 Å². The van der Waals surface area contributed by atoms with Crippen molar-refractivity contribution in [3.05, 3.63) is 35.9 Å². The molecule has 0 saturated heterocycles. The molecule has 1 nitrogen and oxygen atoms in total. The number of alkyl halides is 1. The van der Waals surface area contributed by atoms with E-state index in [9.17, 15) is 9.18 Å². The molecule has 0 bridgehead atoms. The SMILES string of the molecule is CC(C)(F)C(C=O)Cc1ccccc1. The minimum Gasteiger partial charge on any atom is -0.303 e. The standard InChI is InChI=1S/C12H15FO/c1-12(2,13)11(9-14)8-10-6-4-3-5-7-10/h3-7,9,11H,8H2,1-2H3. The highest BCUT2D eigenvalue weighted by molar-refractivity contribution is 5.56. The number of aldehydes is 1. The largest absolute Gasteiger partial charge is 0.303 e. The van der Waals surface area contributed by atoms with E-state index >= 15 is 0 Å². The average Bonchev–Trinajstić information content (AvgIpc) is 2.14. The summed E-state index contributed by atoms with van der Waals surface area (Å²) < 4.78 is 13.5. The van der Waals surface area contributed by atoms with E-state index in [4.69, 9.17) is 0 Å². The minimum atomic E-state index is -1.45. The Balaban J connectivity index is 2.72. The molecule has 0 fully saturated rings. The molecule has 0 aromatic heterocycles. The molecule has 0 aliphatic carbocycles. The van der Waals surface area contributed by atoms with E-state index in [0.717, 1.165) is 5.56 Å². The van der Waals surface area contributed by atoms with E-state index in [0.29, 0.717) is 12.7 Å². The van der Waals surface area contributed by atoms with Crippen LogP contribution in [0.4, 0.5) is 4.39 Å². The summed E-state index contributed by atoms with van der Waals surface area (Å²) in [5, 5.41) is 0. The summed E-state index contributed by atoms with van der Waals surface area (Å²) in [5.41, 5.74) is -0.451. The van der Waals surface area contributed by atoms with Gasteiger partial charge >= 0.3 is 0 Å². The number of benzene rings is 1. The third-order valence-corrected chi connectivity index (χ3v) is 2.34. The van der Waals surface area contributed by atoms with Gasteiger partial charge in [-0.05, 0) is 25.8 Å². The van der Waals surface area contributed by atoms with Crippen LogP contribution in [0.3, 0.4) is 0 Å². The predicted molar refractivity (Wildman–Crippen MR) is 54.9 cm³/mol. The third kappa shape index (κ3) is 2.95. The van der Waals surface area contributed by atoms with Crippen molar-refractivity contribution in [2.24, 2.45) is 5.92 Å². The molecule has 2 heteroatoms. The van der Waals surface area contributed by atoms with Gasteiger partial charge < -0.3 is 4.79 Å². The molecule has 1 rings (SSSR count). The van der Waals surface area contributed by atoms with Gasteiger partial charge in [0.1, 0.15) is 12.0 Å². The van der Waals surface area contributed by atoms with E-state index in [2.05, 4.69) is 0 Å². The van der Waals surface area contributed by atoms with Gasteiger partial charge in [-0.2, -0.15) is 0 Å². The van der Waals surface area contributed by atoms with Gasteiger partial charge in [-0.25, -0.2) is 4.39 Å². The van der Waals surface area contributed by atoms with Crippen LogP contribution in [0.25, 0.3) is 0 Å². The first-order valence-corrected chi connectivity index (χ1v) is 4.72. The number of rotatable bonds is 4. The molecule has 1 unspecified atom stereocenters. The van der Waals surface area contributed by atoms with Crippen molar-refractivity contribution < 1.29 is 9.18 Å². The molecule has 0 heterocycles. The van der Waals surface area contributed by atoms with Gasteiger partial charge in [0.05, 0.1) is 5.92 Å². The van der Waals surface area contributed by atoms with Crippen molar-refractivity contribution in [3.63, 3.8) is 0 Å². The quantitative estimate of drug-likeness (QED) is 0.673. The number of halogens is 1. The molecule has 0 radical (unpaired) electrons. The highest BCUT2D eigenvalue weighted by Crippen LogP contribution is 2.23. The van der Waals surface area contributed by atoms with E-state index in [1.807, 2.05) is 30.3 Å². The summed E-state index contributed by atoms with van der Waals surface area (Å²) in [7, 11) is 0. The topological polar surface area (TPSA) is 17.1 Å². The lowest BCUT2D eigenvalue weighted by Gasteiger charge is -2.21. The van der Waals surface area contributed by atoms with Crippen molar-refractivity contribution in [1.82, 2.24) is 0 Å². The molecule has 0 aliphatic heterocycles. The fourth-order valence-corrected chi connectivity index (χ4v) is 1.32. The maximum atomic E-state index is 13.5. The van der Waals surface area contributed by atoms with Crippen LogP contribution in [-0.2, 0) is 11.2 Å². The lowest BCUT2D eigenvalue weighted by Crippen LogP contribution is -2.28. The molecule has 0 saturated carbocycles. The van der Waals surface area contributed by atoms with Gasteiger partial charge in [0.2, 0.25) is 0 Å². The predicted octanol–water partition coefficient (Wildman–Crippen LogP) is 2.79. The molecular formula is C12H15FO. The third-order valence-electron chi connectivity index (χ3n) is 2.34. The van der Waals surface area contributed by atoms with Crippen LogP contribution < -0.4 is 0 Å². The highest BCUT2D eigenvalue weighted by Gasteiger charge is 2.28. The van der Waals surface area contributed by atoms with Crippen LogP contribution in [0.5, 0.6) is 0 Å². The summed E-state index contributed by atoms with van der Waals surface area (Å²) in [6, 6.07) is 9.50. The summed E-state index contributed by atoms with van der Waals surface area (Å²) in [6.07, 6.45) is 1.17. The molecule has 0 amide bonds. The summed E-state index contributed by atoms with van der Waals surface area (Å²) >= 11 is 0. The van der Waals surface area contributed by atoms with Crippen molar-refractivity contribution in [2.45, 2.75) is 25.9 Å². The molecular weight excluding hydrogens is 179 g/mol. The fourth-order valence-electron chi connectivity index (χ4n) is 1.32. The summed E-state index contributed by atoms with van der Waals surface area (Å²) in [5.74, 6) is -0.565. The lowest BCUT2D eigenvalue weighted by molar-refractivity contribution is -0.114. The van der Waals surface area contributed by atoms with Gasteiger partial charge in [-0.15, -0.1) is 0 Å². The lowest BCUT2D eigenvalue weighted by atomic mass is 9.88. The van der Waals surface area contributed by atoms with Crippen LogP contribution in [-0.4, -0.2) is 12.0 Å². The molecule has 14 heavy (non-hydrogen) atoms. The zero-order valence-electron chi connectivity index (χ0n) is 8.53. The van der Waals surface area contributed by atoms with Gasteiger partial charge in [-0.1, -0.05) is 30.3 Å². The number of hydrogen-bond acceptors (Lipinski definition) is 1. The molecule has 1 aromatic carbocycles. The van der Waals surface area contributed by atoms with Crippen molar-refractivity contribution in [1.29, 1.82) is 0 Å². The zero-order valence-corrected chi connectivity index (χ0v) is 8.53. The molecule has 1 atom stereocenters. The Labute approximate surface area is 83.9 Å².